The molecule has 0 aromatic carbocycles. The Morgan fingerprint density at radius 2 is 2.00 bits per heavy atom. The number of fused-ring (bicyclic) bond motifs is 1. The third-order valence-electron chi connectivity index (χ3n) is 2.56. The molecule has 1 aliphatic heterocycles. The minimum Gasteiger partial charge on any atom is -0.316 e. The first-order valence-electron chi connectivity index (χ1n) is 3.12. The van der Waals surface area contributed by atoms with Crippen molar-refractivity contribution in [3.63, 3.8) is 0 Å². The predicted octanol–water partition coefficient (Wildman–Crippen LogP) is 0.564. The normalized spacial score (nSPS) is 60.8. The fourth-order valence-corrected chi connectivity index (χ4v) is 1.74. The van der Waals surface area contributed by atoms with Crippen molar-refractivity contribution in [3.8, 4) is 0 Å². The van der Waals surface area contributed by atoms with Gasteiger partial charge < -0.3 is 5.32 Å². The van der Waals surface area contributed by atoms with Crippen LogP contribution in [0.3, 0.4) is 0 Å². The van der Waals surface area contributed by atoms with Crippen LogP contribution in [0.5, 0.6) is 0 Å². The molecule has 0 radical (unpaired) electrons. The van der Waals surface area contributed by atoms with Gasteiger partial charge in [-0.3, -0.25) is 0 Å². The fraction of sp³-hybridized carbons (Fsp3) is 1.00. The van der Waals surface area contributed by atoms with Gasteiger partial charge in [0.2, 0.25) is 0 Å². The molecule has 0 bridgehead atoms. The molecule has 1 saturated carbocycles. The molecule has 8 heavy (non-hydrogen) atoms. The van der Waals surface area contributed by atoms with Gasteiger partial charge in [-0.15, -0.1) is 0 Å². The zero-order valence-corrected chi connectivity index (χ0v) is 4.95. The van der Waals surface area contributed by atoms with Crippen molar-refractivity contribution in [1.29, 1.82) is 0 Å². The molecule has 2 unspecified atom stereocenters. The Hall–Kier alpha value is -0.110. The smallest absolute Gasteiger partial charge is 0.117 e. The Morgan fingerprint density at radius 1 is 1.50 bits per heavy atom. The van der Waals surface area contributed by atoms with E-state index in [1.54, 1.807) is 6.92 Å². The average molecular weight is 115 g/mol. The van der Waals surface area contributed by atoms with Gasteiger partial charge in [-0.05, 0) is 6.92 Å². The SMILES string of the molecule is CC1(F)C2CNCC21. The molecule has 2 heteroatoms. The number of halogens is 1. The van der Waals surface area contributed by atoms with Crippen LogP contribution in [0.25, 0.3) is 0 Å². The van der Waals surface area contributed by atoms with Crippen molar-refractivity contribution >= 4 is 0 Å². The second-order valence-electron chi connectivity index (χ2n) is 3.02. The minimum absolute atomic E-state index is 0.350. The Labute approximate surface area is 48.3 Å². The molecule has 1 saturated heterocycles. The lowest BCUT2D eigenvalue weighted by molar-refractivity contribution is 0.274. The number of nitrogens with one attached hydrogen (secondary N) is 1. The molecule has 0 spiro atoms. The Kier molecular flexibility index (Phi) is 0.639. The van der Waals surface area contributed by atoms with Gasteiger partial charge in [0.25, 0.3) is 0 Å². The quantitative estimate of drug-likeness (QED) is 0.486. The van der Waals surface area contributed by atoms with Crippen LogP contribution >= 0.6 is 0 Å². The molecule has 2 atom stereocenters. The standard InChI is InChI=1S/C6H10FN/c1-6(7)4-2-8-3-5(4)6/h4-5,8H,2-3H2,1H3. The van der Waals surface area contributed by atoms with Gasteiger partial charge in [-0.25, -0.2) is 4.39 Å². The lowest BCUT2D eigenvalue weighted by atomic mass is 10.3. The highest BCUT2D eigenvalue weighted by molar-refractivity contribution is 5.14. The molecule has 46 valence electrons. The first-order valence-corrected chi connectivity index (χ1v) is 3.12. The van der Waals surface area contributed by atoms with E-state index in [0.717, 1.165) is 13.1 Å². The fourth-order valence-electron chi connectivity index (χ4n) is 1.74. The zero-order valence-electron chi connectivity index (χ0n) is 4.95. The van der Waals surface area contributed by atoms with E-state index in [9.17, 15) is 4.39 Å². The number of hydrogen-bond acceptors (Lipinski definition) is 1. The molecule has 1 N–H and O–H groups in total. The van der Waals surface area contributed by atoms with Crippen molar-refractivity contribution < 1.29 is 4.39 Å². The summed E-state index contributed by atoms with van der Waals surface area (Å²) < 4.78 is 12.9. The molecule has 0 aromatic rings. The van der Waals surface area contributed by atoms with E-state index < -0.39 is 5.67 Å². The van der Waals surface area contributed by atoms with Crippen LogP contribution in [0.15, 0.2) is 0 Å². The van der Waals surface area contributed by atoms with Gasteiger partial charge in [0.1, 0.15) is 5.67 Å². The maximum Gasteiger partial charge on any atom is 0.117 e. The third-order valence-corrected chi connectivity index (χ3v) is 2.56. The second kappa shape index (κ2) is 1.08. The lowest BCUT2D eigenvalue weighted by Crippen LogP contribution is -2.20. The van der Waals surface area contributed by atoms with E-state index in [-0.39, 0.29) is 0 Å². The summed E-state index contributed by atoms with van der Waals surface area (Å²) in [5.74, 6) is 0.699. The monoisotopic (exact) mass is 115 g/mol. The van der Waals surface area contributed by atoms with Gasteiger partial charge in [0.15, 0.2) is 0 Å². The molecule has 1 aliphatic carbocycles. The third kappa shape index (κ3) is 0.356. The number of piperidine rings is 1. The summed E-state index contributed by atoms with van der Waals surface area (Å²) in [7, 11) is 0. The highest BCUT2D eigenvalue weighted by Gasteiger charge is 2.64. The van der Waals surface area contributed by atoms with E-state index in [1.807, 2.05) is 0 Å². The van der Waals surface area contributed by atoms with E-state index in [2.05, 4.69) is 5.32 Å². The van der Waals surface area contributed by atoms with Gasteiger partial charge >= 0.3 is 0 Å². The molecule has 1 heterocycles. The van der Waals surface area contributed by atoms with Crippen LogP contribution in [0.2, 0.25) is 0 Å². The Bertz CT molecular complexity index is 110. The molecule has 2 fully saturated rings. The zero-order chi connectivity index (χ0) is 5.78. The van der Waals surface area contributed by atoms with Crippen LogP contribution in [0.4, 0.5) is 4.39 Å². The summed E-state index contributed by atoms with van der Waals surface area (Å²) in [6.45, 7) is 3.51. The number of alkyl halides is 1. The Balaban J connectivity index is 2.13. The first-order chi connectivity index (χ1) is 3.73. The predicted molar refractivity (Wildman–Crippen MR) is 29.4 cm³/mol. The minimum atomic E-state index is -0.800. The summed E-state index contributed by atoms with van der Waals surface area (Å²) in [4.78, 5) is 0. The van der Waals surface area contributed by atoms with Crippen molar-refractivity contribution in [3.05, 3.63) is 0 Å². The Morgan fingerprint density at radius 3 is 2.25 bits per heavy atom. The molecule has 0 amide bonds. The highest BCUT2D eigenvalue weighted by atomic mass is 19.1. The van der Waals surface area contributed by atoms with E-state index in [4.69, 9.17) is 0 Å². The average Bonchev–Trinajstić information content (AvgIpc) is 2.22. The molecule has 2 rings (SSSR count). The van der Waals surface area contributed by atoms with Gasteiger partial charge in [0.05, 0.1) is 0 Å². The largest absolute Gasteiger partial charge is 0.316 e. The van der Waals surface area contributed by atoms with Gasteiger partial charge in [-0.2, -0.15) is 0 Å². The lowest BCUT2D eigenvalue weighted by Gasteiger charge is -2.02. The first kappa shape index (κ1) is 4.74. The van der Waals surface area contributed by atoms with E-state index >= 15 is 0 Å². The summed E-state index contributed by atoms with van der Waals surface area (Å²) in [5, 5.41) is 3.14. The summed E-state index contributed by atoms with van der Waals surface area (Å²) in [6, 6.07) is 0. The van der Waals surface area contributed by atoms with Crippen molar-refractivity contribution in [2.45, 2.75) is 12.6 Å². The molecular formula is C6H10FN. The molecule has 0 aromatic heterocycles. The summed E-state index contributed by atoms with van der Waals surface area (Å²) in [6.07, 6.45) is 0. The van der Waals surface area contributed by atoms with E-state index in [0.29, 0.717) is 11.8 Å². The van der Waals surface area contributed by atoms with Gasteiger partial charge in [-0.1, -0.05) is 0 Å². The second-order valence-corrected chi connectivity index (χ2v) is 3.02. The van der Waals surface area contributed by atoms with Crippen LogP contribution in [-0.4, -0.2) is 18.8 Å². The van der Waals surface area contributed by atoms with Crippen LogP contribution < -0.4 is 5.32 Å². The van der Waals surface area contributed by atoms with Crippen LogP contribution in [0.1, 0.15) is 6.92 Å². The van der Waals surface area contributed by atoms with Crippen LogP contribution in [-0.2, 0) is 0 Å². The van der Waals surface area contributed by atoms with Crippen molar-refractivity contribution in [2.24, 2.45) is 11.8 Å². The highest BCUT2D eigenvalue weighted by Crippen LogP contribution is 2.55. The number of hydrogen-bond donors (Lipinski definition) is 1. The van der Waals surface area contributed by atoms with E-state index in [1.165, 1.54) is 0 Å². The molecule has 1 nitrogen and oxygen atoms in total. The molecular weight excluding hydrogens is 105 g/mol. The van der Waals surface area contributed by atoms with Crippen molar-refractivity contribution in [2.75, 3.05) is 13.1 Å². The topological polar surface area (TPSA) is 12.0 Å². The molecule has 2 aliphatic rings. The van der Waals surface area contributed by atoms with Crippen molar-refractivity contribution in [1.82, 2.24) is 5.32 Å². The summed E-state index contributed by atoms with van der Waals surface area (Å²) in [5.41, 5.74) is -0.800. The maximum atomic E-state index is 12.9. The summed E-state index contributed by atoms with van der Waals surface area (Å²) >= 11 is 0. The van der Waals surface area contributed by atoms with Gasteiger partial charge in [0, 0.05) is 24.9 Å². The number of rotatable bonds is 0. The maximum absolute atomic E-state index is 12.9. The van der Waals surface area contributed by atoms with Crippen LogP contribution in [0, 0.1) is 11.8 Å².